The smallest absolute Gasteiger partial charge is 0.379 e. The van der Waals surface area contributed by atoms with E-state index < -0.39 is 17.6 Å². The number of rotatable bonds is 2. The van der Waals surface area contributed by atoms with Crippen LogP contribution in [0.15, 0.2) is 22.7 Å². The number of carbonyl (C=O) groups excluding carboxylic acids is 1. The van der Waals surface area contributed by atoms with Crippen LogP contribution in [0.2, 0.25) is 0 Å². The Morgan fingerprint density at radius 1 is 1.40 bits per heavy atom. The first kappa shape index (κ1) is 15.3. The summed E-state index contributed by atoms with van der Waals surface area (Å²) in [7, 11) is 0. The molecule has 1 saturated heterocycles. The predicted octanol–water partition coefficient (Wildman–Crippen LogP) is 3.38. The molecule has 0 aromatic heterocycles. The molecule has 1 N–H and O–H groups in total. The Hall–Kier alpha value is -1.08. The summed E-state index contributed by atoms with van der Waals surface area (Å²) >= 11 is 2.98. The molecular formula is C13H13BrF3NO2. The summed E-state index contributed by atoms with van der Waals surface area (Å²) in [6, 6.07) is 3.26. The quantitative estimate of drug-likeness (QED) is 0.886. The Kier molecular flexibility index (Phi) is 4.70. The highest BCUT2D eigenvalue weighted by Gasteiger charge is 2.35. The zero-order chi connectivity index (χ0) is 14.8. The number of ether oxygens (including phenoxy) is 1. The lowest BCUT2D eigenvalue weighted by Crippen LogP contribution is -2.41. The van der Waals surface area contributed by atoms with Crippen LogP contribution in [0.1, 0.15) is 28.8 Å². The van der Waals surface area contributed by atoms with E-state index in [1.165, 1.54) is 12.1 Å². The van der Waals surface area contributed by atoms with E-state index in [9.17, 15) is 18.0 Å². The molecule has 1 unspecified atom stereocenters. The van der Waals surface area contributed by atoms with Crippen molar-refractivity contribution in [2.75, 3.05) is 13.2 Å². The van der Waals surface area contributed by atoms with E-state index in [1.807, 2.05) is 0 Å². The van der Waals surface area contributed by atoms with Gasteiger partial charge in [0.05, 0.1) is 23.8 Å². The minimum atomic E-state index is -4.57. The highest BCUT2D eigenvalue weighted by Crippen LogP contribution is 2.33. The second-order valence-corrected chi connectivity index (χ2v) is 5.49. The normalized spacial score (nSPS) is 19.7. The van der Waals surface area contributed by atoms with Crippen molar-refractivity contribution in [3.05, 3.63) is 33.8 Å². The van der Waals surface area contributed by atoms with Crippen molar-refractivity contribution >= 4 is 21.8 Å². The van der Waals surface area contributed by atoms with Crippen molar-refractivity contribution in [3.8, 4) is 0 Å². The number of alkyl halides is 3. The van der Waals surface area contributed by atoms with Crippen LogP contribution < -0.4 is 5.32 Å². The molecule has 1 aliphatic rings. The molecule has 3 nitrogen and oxygen atoms in total. The summed E-state index contributed by atoms with van der Waals surface area (Å²) in [6.07, 6.45) is -3.07. The summed E-state index contributed by atoms with van der Waals surface area (Å²) in [4.78, 5) is 12.0. The van der Waals surface area contributed by atoms with Crippen molar-refractivity contribution in [2.24, 2.45) is 0 Å². The zero-order valence-corrected chi connectivity index (χ0v) is 12.1. The number of halogens is 4. The lowest BCUT2D eigenvalue weighted by molar-refractivity contribution is -0.138. The van der Waals surface area contributed by atoms with Gasteiger partial charge in [-0.1, -0.05) is 15.9 Å². The van der Waals surface area contributed by atoms with E-state index in [1.54, 1.807) is 0 Å². The molecule has 1 fully saturated rings. The van der Waals surface area contributed by atoms with Crippen LogP contribution in [0.3, 0.4) is 0 Å². The lowest BCUT2D eigenvalue weighted by atomic mass is 10.0. The van der Waals surface area contributed by atoms with Gasteiger partial charge in [-0.25, -0.2) is 0 Å². The largest absolute Gasteiger partial charge is 0.417 e. The fraction of sp³-hybridized carbons (Fsp3) is 0.462. The Morgan fingerprint density at radius 3 is 2.75 bits per heavy atom. The number of hydrogen-bond acceptors (Lipinski definition) is 2. The van der Waals surface area contributed by atoms with Crippen molar-refractivity contribution < 1.29 is 22.7 Å². The maximum absolute atomic E-state index is 12.9. The van der Waals surface area contributed by atoms with E-state index in [-0.39, 0.29) is 16.1 Å². The molecule has 7 heteroatoms. The van der Waals surface area contributed by atoms with Gasteiger partial charge >= 0.3 is 6.18 Å². The van der Waals surface area contributed by atoms with Gasteiger partial charge in [0, 0.05) is 11.1 Å². The number of amides is 1. The predicted molar refractivity (Wildman–Crippen MR) is 70.5 cm³/mol. The van der Waals surface area contributed by atoms with Crippen LogP contribution >= 0.6 is 15.9 Å². The van der Waals surface area contributed by atoms with E-state index in [0.717, 1.165) is 12.5 Å². The number of carbonyl (C=O) groups is 1. The molecule has 0 spiro atoms. The Morgan fingerprint density at radius 2 is 2.15 bits per heavy atom. The Labute approximate surface area is 122 Å². The summed E-state index contributed by atoms with van der Waals surface area (Å²) < 4.78 is 44.3. The fourth-order valence-electron chi connectivity index (χ4n) is 2.07. The van der Waals surface area contributed by atoms with Crippen LogP contribution in [0.5, 0.6) is 0 Å². The molecule has 1 aromatic carbocycles. The van der Waals surface area contributed by atoms with E-state index in [4.69, 9.17) is 4.74 Å². The monoisotopic (exact) mass is 351 g/mol. The molecule has 110 valence electrons. The van der Waals surface area contributed by atoms with E-state index in [0.29, 0.717) is 19.6 Å². The molecule has 1 heterocycles. The molecule has 0 radical (unpaired) electrons. The standard InChI is InChI=1S/C13H13BrF3NO2/c14-8-3-4-10(11(6-8)13(15,16)17)12(19)18-9-2-1-5-20-7-9/h3-4,6,9H,1-2,5,7H2,(H,18,19). The SMILES string of the molecule is O=C(NC1CCCOC1)c1ccc(Br)cc1C(F)(F)F. The highest BCUT2D eigenvalue weighted by atomic mass is 79.9. The Bertz CT molecular complexity index is 499. The minimum absolute atomic E-state index is 0.235. The van der Waals surface area contributed by atoms with Gasteiger partial charge in [-0.15, -0.1) is 0 Å². The van der Waals surface area contributed by atoms with Gasteiger partial charge in [-0.2, -0.15) is 13.2 Å². The van der Waals surface area contributed by atoms with E-state index in [2.05, 4.69) is 21.2 Å². The molecule has 1 aliphatic heterocycles. The van der Waals surface area contributed by atoms with Crippen LogP contribution in [0, 0.1) is 0 Å². The van der Waals surface area contributed by atoms with Crippen molar-refractivity contribution in [2.45, 2.75) is 25.1 Å². The maximum Gasteiger partial charge on any atom is 0.417 e. The summed E-state index contributed by atoms with van der Waals surface area (Å²) in [5.41, 5.74) is -1.31. The summed E-state index contributed by atoms with van der Waals surface area (Å²) in [6.45, 7) is 0.960. The summed E-state index contributed by atoms with van der Waals surface area (Å²) in [5.74, 6) is -0.722. The van der Waals surface area contributed by atoms with Crippen LogP contribution in [-0.2, 0) is 10.9 Å². The third kappa shape index (κ3) is 3.73. The molecular weight excluding hydrogens is 339 g/mol. The molecule has 0 saturated carbocycles. The molecule has 2 rings (SSSR count). The third-order valence-corrected chi connectivity index (χ3v) is 3.52. The Balaban J connectivity index is 2.20. The second-order valence-electron chi connectivity index (χ2n) is 4.58. The average molecular weight is 352 g/mol. The molecule has 0 aliphatic carbocycles. The fourth-order valence-corrected chi connectivity index (χ4v) is 2.43. The summed E-state index contributed by atoms with van der Waals surface area (Å²) in [5, 5.41) is 2.59. The van der Waals surface area contributed by atoms with Gasteiger partial charge in [0.25, 0.3) is 5.91 Å². The van der Waals surface area contributed by atoms with Crippen LogP contribution in [0.4, 0.5) is 13.2 Å². The molecule has 1 amide bonds. The van der Waals surface area contributed by atoms with E-state index >= 15 is 0 Å². The zero-order valence-electron chi connectivity index (χ0n) is 10.5. The highest BCUT2D eigenvalue weighted by molar-refractivity contribution is 9.10. The van der Waals surface area contributed by atoms with Gasteiger partial charge in [0.1, 0.15) is 0 Å². The van der Waals surface area contributed by atoms with Crippen LogP contribution in [0.25, 0.3) is 0 Å². The molecule has 1 aromatic rings. The lowest BCUT2D eigenvalue weighted by Gasteiger charge is -2.23. The first-order chi connectivity index (χ1) is 9.38. The topological polar surface area (TPSA) is 38.3 Å². The van der Waals surface area contributed by atoms with Crippen molar-refractivity contribution in [3.63, 3.8) is 0 Å². The van der Waals surface area contributed by atoms with Gasteiger partial charge < -0.3 is 10.1 Å². The molecule has 0 bridgehead atoms. The number of hydrogen-bond donors (Lipinski definition) is 1. The van der Waals surface area contributed by atoms with Crippen molar-refractivity contribution in [1.82, 2.24) is 5.32 Å². The average Bonchev–Trinajstić information content (AvgIpc) is 2.38. The molecule has 1 atom stereocenters. The van der Waals surface area contributed by atoms with Gasteiger partial charge in [-0.3, -0.25) is 4.79 Å². The van der Waals surface area contributed by atoms with Crippen molar-refractivity contribution in [1.29, 1.82) is 0 Å². The first-order valence-corrected chi connectivity index (χ1v) is 6.92. The van der Waals surface area contributed by atoms with Gasteiger partial charge in [0.2, 0.25) is 0 Å². The number of benzene rings is 1. The van der Waals surface area contributed by atoms with Crippen LogP contribution in [-0.4, -0.2) is 25.2 Å². The minimum Gasteiger partial charge on any atom is -0.379 e. The van der Waals surface area contributed by atoms with Gasteiger partial charge in [-0.05, 0) is 31.0 Å². The first-order valence-electron chi connectivity index (χ1n) is 6.13. The number of nitrogens with one attached hydrogen (secondary N) is 1. The van der Waals surface area contributed by atoms with Gasteiger partial charge in [0.15, 0.2) is 0 Å². The maximum atomic E-state index is 12.9. The molecule has 20 heavy (non-hydrogen) atoms. The third-order valence-electron chi connectivity index (χ3n) is 3.03. The second kappa shape index (κ2) is 6.13.